The number of nitrogens with one attached hydrogen (secondary N) is 1. The maximum Gasteiger partial charge on any atom is 0.120 e. The molecule has 0 saturated heterocycles. The van der Waals surface area contributed by atoms with Crippen LogP contribution in [0.1, 0.15) is 90.5 Å². The predicted molar refractivity (Wildman–Crippen MR) is 131 cm³/mol. The van der Waals surface area contributed by atoms with E-state index in [1.165, 1.54) is 80.5 Å². The van der Waals surface area contributed by atoms with E-state index in [1.807, 2.05) is 0 Å². The van der Waals surface area contributed by atoms with Gasteiger partial charge in [-0.25, -0.2) is 0 Å². The lowest BCUT2D eigenvalue weighted by molar-refractivity contribution is 0.0883. The minimum atomic E-state index is 0.379. The Hall–Kier alpha value is -1.54. The Morgan fingerprint density at radius 3 is 2.16 bits per heavy atom. The van der Waals surface area contributed by atoms with E-state index >= 15 is 0 Å². The standard InChI is InChI=1S/C29H41NO/c1-28(2,3)25-7-10-26(11-8-25)31-27-9-6-23-18-22(4-5-24(23)19-27)20-30-29-15-12-21(13-16-29)14-17-29/h4-6,9,18-19,21,25-26,30H,7-8,10-17,20H2,1-3H3. The Kier molecular flexibility index (Phi) is 5.79. The van der Waals surface area contributed by atoms with Gasteiger partial charge >= 0.3 is 0 Å². The maximum atomic E-state index is 6.40. The van der Waals surface area contributed by atoms with Gasteiger partial charge in [0.1, 0.15) is 5.75 Å². The van der Waals surface area contributed by atoms with E-state index in [-0.39, 0.29) is 0 Å². The molecule has 2 bridgehead atoms. The highest BCUT2D eigenvalue weighted by atomic mass is 16.5. The Balaban J connectivity index is 1.19. The quantitative estimate of drug-likeness (QED) is 0.538. The summed E-state index contributed by atoms with van der Waals surface area (Å²) in [6, 6.07) is 13.6. The van der Waals surface area contributed by atoms with Gasteiger partial charge in [0.25, 0.3) is 0 Å². The van der Waals surface area contributed by atoms with E-state index in [1.54, 1.807) is 0 Å². The van der Waals surface area contributed by atoms with Crippen molar-refractivity contribution in [3.63, 3.8) is 0 Å². The van der Waals surface area contributed by atoms with E-state index in [9.17, 15) is 0 Å². The zero-order chi connectivity index (χ0) is 21.5. The molecule has 2 heteroatoms. The van der Waals surface area contributed by atoms with Crippen molar-refractivity contribution < 1.29 is 4.74 Å². The third-order valence-corrected chi connectivity index (χ3v) is 8.84. The van der Waals surface area contributed by atoms with Crippen molar-refractivity contribution in [3.8, 4) is 5.75 Å². The Morgan fingerprint density at radius 1 is 0.839 bits per heavy atom. The normalized spacial score (nSPS) is 31.1. The molecule has 0 aliphatic heterocycles. The lowest BCUT2D eigenvalue weighted by Crippen LogP contribution is -2.51. The van der Waals surface area contributed by atoms with Crippen LogP contribution in [0.15, 0.2) is 36.4 Å². The van der Waals surface area contributed by atoms with Gasteiger partial charge in [0, 0.05) is 12.1 Å². The summed E-state index contributed by atoms with van der Waals surface area (Å²) in [6.45, 7) is 8.14. The Bertz CT molecular complexity index is 881. The van der Waals surface area contributed by atoms with Crippen molar-refractivity contribution in [3.05, 3.63) is 42.0 Å². The SMILES string of the molecule is CC(C)(C)C1CCC(Oc2ccc3cc(CNC45CCC(CC4)CC5)ccc3c2)CC1. The number of hydrogen-bond acceptors (Lipinski definition) is 2. The first-order chi connectivity index (χ1) is 14.9. The molecule has 2 nitrogen and oxygen atoms in total. The summed E-state index contributed by atoms with van der Waals surface area (Å²) in [7, 11) is 0. The van der Waals surface area contributed by atoms with Crippen molar-refractivity contribution in [2.24, 2.45) is 17.3 Å². The third-order valence-electron chi connectivity index (χ3n) is 8.84. The highest BCUT2D eigenvalue weighted by Crippen LogP contribution is 2.44. The van der Waals surface area contributed by atoms with Crippen LogP contribution in [-0.2, 0) is 6.54 Å². The molecule has 31 heavy (non-hydrogen) atoms. The molecular weight excluding hydrogens is 378 g/mol. The number of ether oxygens (including phenoxy) is 1. The van der Waals surface area contributed by atoms with E-state index in [0.717, 1.165) is 24.1 Å². The molecule has 0 heterocycles. The highest BCUT2D eigenvalue weighted by molar-refractivity contribution is 5.84. The van der Waals surface area contributed by atoms with E-state index in [0.29, 0.717) is 17.1 Å². The molecule has 4 aliphatic rings. The van der Waals surface area contributed by atoms with Gasteiger partial charge in [0.15, 0.2) is 0 Å². The second-order valence-corrected chi connectivity index (χ2v) is 11.9. The molecule has 1 N–H and O–H groups in total. The molecule has 0 spiro atoms. The lowest BCUT2D eigenvalue weighted by atomic mass is 9.66. The first-order valence-corrected chi connectivity index (χ1v) is 12.8. The van der Waals surface area contributed by atoms with Gasteiger partial charge in [-0.05, 0) is 116 Å². The fourth-order valence-electron chi connectivity index (χ4n) is 6.50. The van der Waals surface area contributed by atoms with Gasteiger partial charge in [-0.2, -0.15) is 0 Å². The summed E-state index contributed by atoms with van der Waals surface area (Å²) in [6.07, 6.45) is 13.8. The predicted octanol–water partition coefficient (Wildman–Crippen LogP) is 7.64. The maximum absolute atomic E-state index is 6.40. The molecule has 0 aromatic heterocycles. The molecule has 0 amide bonds. The molecule has 2 aromatic rings. The molecule has 0 unspecified atom stereocenters. The Labute approximate surface area is 189 Å². The first-order valence-electron chi connectivity index (χ1n) is 12.8. The molecule has 168 valence electrons. The number of benzene rings is 2. The smallest absolute Gasteiger partial charge is 0.120 e. The van der Waals surface area contributed by atoms with Crippen LogP contribution in [0.4, 0.5) is 0 Å². The molecule has 0 radical (unpaired) electrons. The largest absolute Gasteiger partial charge is 0.490 e. The van der Waals surface area contributed by atoms with Crippen molar-refractivity contribution in [2.75, 3.05) is 0 Å². The molecule has 6 rings (SSSR count). The van der Waals surface area contributed by atoms with Crippen molar-refractivity contribution in [1.29, 1.82) is 0 Å². The first kappa shape index (κ1) is 21.3. The number of rotatable bonds is 5. The number of fused-ring (bicyclic) bond motifs is 4. The minimum Gasteiger partial charge on any atom is -0.490 e. The van der Waals surface area contributed by atoms with Crippen LogP contribution in [0.25, 0.3) is 10.8 Å². The second-order valence-electron chi connectivity index (χ2n) is 11.9. The fourth-order valence-corrected chi connectivity index (χ4v) is 6.50. The molecule has 4 fully saturated rings. The zero-order valence-electron chi connectivity index (χ0n) is 19.9. The van der Waals surface area contributed by atoms with Crippen molar-refractivity contribution in [2.45, 2.75) is 103 Å². The van der Waals surface area contributed by atoms with Crippen LogP contribution in [-0.4, -0.2) is 11.6 Å². The van der Waals surface area contributed by atoms with Gasteiger partial charge in [-0.15, -0.1) is 0 Å². The summed E-state index contributed by atoms with van der Waals surface area (Å²) >= 11 is 0. The van der Waals surface area contributed by atoms with Crippen LogP contribution in [0.2, 0.25) is 0 Å². The number of hydrogen-bond donors (Lipinski definition) is 1. The third kappa shape index (κ3) is 4.80. The molecular formula is C29H41NO. The van der Waals surface area contributed by atoms with Crippen LogP contribution in [0, 0.1) is 17.3 Å². The summed E-state index contributed by atoms with van der Waals surface area (Å²) in [5.74, 6) is 2.89. The molecule has 4 saturated carbocycles. The van der Waals surface area contributed by atoms with Crippen molar-refractivity contribution in [1.82, 2.24) is 5.32 Å². The molecule has 4 aliphatic carbocycles. The second kappa shape index (κ2) is 8.43. The minimum absolute atomic E-state index is 0.379. The lowest BCUT2D eigenvalue weighted by Gasteiger charge is -2.47. The van der Waals surface area contributed by atoms with Crippen LogP contribution >= 0.6 is 0 Å². The summed E-state index contributed by atoms with van der Waals surface area (Å²) in [5, 5.41) is 6.58. The van der Waals surface area contributed by atoms with Crippen LogP contribution in [0.3, 0.4) is 0 Å². The van der Waals surface area contributed by atoms with Gasteiger partial charge in [0.05, 0.1) is 6.10 Å². The highest BCUT2D eigenvalue weighted by Gasteiger charge is 2.39. The molecule has 0 atom stereocenters. The van der Waals surface area contributed by atoms with E-state index < -0.39 is 0 Å². The van der Waals surface area contributed by atoms with Gasteiger partial charge in [-0.1, -0.05) is 39.0 Å². The Morgan fingerprint density at radius 2 is 1.48 bits per heavy atom. The van der Waals surface area contributed by atoms with Gasteiger partial charge < -0.3 is 10.1 Å². The zero-order valence-corrected chi connectivity index (χ0v) is 19.9. The van der Waals surface area contributed by atoms with E-state index in [4.69, 9.17) is 4.74 Å². The fraction of sp³-hybridized carbons (Fsp3) is 0.655. The topological polar surface area (TPSA) is 21.3 Å². The van der Waals surface area contributed by atoms with E-state index in [2.05, 4.69) is 62.5 Å². The van der Waals surface area contributed by atoms with Gasteiger partial charge in [0.2, 0.25) is 0 Å². The van der Waals surface area contributed by atoms with Gasteiger partial charge in [-0.3, -0.25) is 0 Å². The summed E-state index contributed by atoms with van der Waals surface area (Å²) < 4.78 is 6.40. The monoisotopic (exact) mass is 419 g/mol. The summed E-state index contributed by atoms with van der Waals surface area (Å²) in [4.78, 5) is 0. The van der Waals surface area contributed by atoms with Crippen LogP contribution < -0.4 is 10.1 Å². The van der Waals surface area contributed by atoms with Crippen molar-refractivity contribution >= 4 is 10.8 Å². The molecule has 2 aromatic carbocycles. The average molecular weight is 420 g/mol. The van der Waals surface area contributed by atoms with Crippen LogP contribution in [0.5, 0.6) is 5.75 Å². The average Bonchev–Trinajstić information content (AvgIpc) is 2.79. The summed E-state index contributed by atoms with van der Waals surface area (Å²) in [5.41, 5.74) is 2.26.